The Balaban J connectivity index is 1.73. The average Bonchev–Trinajstić information content (AvgIpc) is 2.48. The van der Waals surface area contributed by atoms with Crippen molar-refractivity contribution in [1.29, 1.82) is 5.26 Å². The molecule has 4 heteroatoms. The largest absolute Gasteiger partial charge is 0.353 e. The quantitative estimate of drug-likeness (QED) is 0.907. The topological polar surface area (TPSA) is 56.1 Å². The van der Waals surface area contributed by atoms with Gasteiger partial charge in [-0.15, -0.1) is 0 Å². The average molecular weight is 271 g/mol. The maximum atomic E-state index is 11.9. The zero-order valence-corrected chi connectivity index (χ0v) is 11.9. The van der Waals surface area contributed by atoms with E-state index >= 15 is 0 Å². The van der Waals surface area contributed by atoms with Gasteiger partial charge >= 0.3 is 0 Å². The fourth-order valence-electron chi connectivity index (χ4n) is 2.46. The van der Waals surface area contributed by atoms with Crippen molar-refractivity contribution >= 4 is 5.91 Å². The van der Waals surface area contributed by atoms with Gasteiger partial charge in [0.1, 0.15) is 0 Å². The lowest BCUT2D eigenvalue weighted by Gasteiger charge is -2.29. The first-order valence-corrected chi connectivity index (χ1v) is 7.14. The van der Waals surface area contributed by atoms with Crippen LogP contribution < -0.4 is 5.32 Å². The third-order valence-electron chi connectivity index (χ3n) is 3.81. The zero-order valence-electron chi connectivity index (χ0n) is 11.9. The number of likely N-dealkylation sites (tertiary alicyclic amines) is 1. The predicted molar refractivity (Wildman–Crippen MR) is 78.1 cm³/mol. The summed E-state index contributed by atoms with van der Waals surface area (Å²) < 4.78 is 0. The lowest BCUT2D eigenvalue weighted by molar-refractivity contribution is -0.122. The molecular formula is C16H21N3O. The highest BCUT2D eigenvalue weighted by atomic mass is 16.1. The molecule has 0 unspecified atom stereocenters. The summed E-state index contributed by atoms with van der Waals surface area (Å²) >= 11 is 0. The summed E-state index contributed by atoms with van der Waals surface area (Å²) in [5, 5.41) is 11.8. The highest BCUT2D eigenvalue weighted by Gasteiger charge is 2.18. The molecule has 0 bridgehead atoms. The van der Waals surface area contributed by atoms with Crippen molar-refractivity contribution in [2.75, 3.05) is 20.1 Å². The molecule has 1 heterocycles. The van der Waals surface area contributed by atoms with Crippen molar-refractivity contribution < 1.29 is 4.79 Å². The van der Waals surface area contributed by atoms with Gasteiger partial charge in [-0.1, -0.05) is 12.1 Å². The molecule has 4 nitrogen and oxygen atoms in total. The first kappa shape index (κ1) is 14.5. The lowest BCUT2D eigenvalue weighted by atomic mass is 10.0. The van der Waals surface area contributed by atoms with E-state index in [1.54, 1.807) is 12.1 Å². The second-order valence-electron chi connectivity index (χ2n) is 5.45. The van der Waals surface area contributed by atoms with E-state index in [4.69, 9.17) is 5.26 Å². The van der Waals surface area contributed by atoms with Gasteiger partial charge in [0.25, 0.3) is 0 Å². The van der Waals surface area contributed by atoms with E-state index in [1.807, 2.05) is 12.1 Å². The normalized spacial score (nSPS) is 16.6. The molecule has 1 aliphatic heterocycles. The monoisotopic (exact) mass is 271 g/mol. The van der Waals surface area contributed by atoms with Crippen LogP contribution in [0.15, 0.2) is 24.3 Å². The van der Waals surface area contributed by atoms with Gasteiger partial charge in [0.05, 0.1) is 11.6 Å². The molecule has 20 heavy (non-hydrogen) atoms. The molecular weight excluding hydrogens is 250 g/mol. The number of nitrogens with zero attached hydrogens (tertiary/aromatic N) is 2. The predicted octanol–water partition coefficient (Wildman–Crippen LogP) is 1.70. The molecule has 0 spiro atoms. The van der Waals surface area contributed by atoms with Gasteiger partial charge in [0, 0.05) is 12.5 Å². The van der Waals surface area contributed by atoms with E-state index in [-0.39, 0.29) is 5.91 Å². The summed E-state index contributed by atoms with van der Waals surface area (Å²) in [5.74, 6) is 0.129. The van der Waals surface area contributed by atoms with Crippen molar-refractivity contribution in [1.82, 2.24) is 10.2 Å². The molecule has 1 amide bonds. The van der Waals surface area contributed by atoms with Gasteiger partial charge in [-0.25, -0.2) is 0 Å². The number of carbonyl (C=O) groups excluding carboxylic acids is 1. The number of nitriles is 1. The fraction of sp³-hybridized carbons (Fsp3) is 0.500. The number of amides is 1. The van der Waals surface area contributed by atoms with E-state index in [0.717, 1.165) is 37.9 Å². The second kappa shape index (κ2) is 7.06. The molecule has 0 atom stereocenters. The Morgan fingerprint density at radius 1 is 1.35 bits per heavy atom. The van der Waals surface area contributed by atoms with Gasteiger partial charge in [-0.3, -0.25) is 4.79 Å². The number of hydrogen-bond donors (Lipinski definition) is 1. The smallest absolute Gasteiger partial charge is 0.220 e. The molecule has 1 aromatic rings. The Kier molecular flexibility index (Phi) is 5.14. The van der Waals surface area contributed by atoms with Crippen LogP contribution in [-0.2, 0) is 11.2 Å². The van der Waals surface area contributed by atoms with Gasteiger partial charge < -0.3 is 10.2 Å². The van der Waals surface area contributed by atoms with Crippen molar-refractivity contribution in [3.63, 3.8) is 0 Å². The minimum Gasteiger partial charge on any atom is -0.353 e. The third-order valence-corrected chi connectivity index (χ3v) is 3.81. The molecule has 0 saturated carbocycles. The Morgan fingerprint density at radius 3 is 2.60 bits per heavy atom. The summed E-state index contributed by atoms with van der Waals surface area (Å²) in [7, 11) is 2.11. The number of nitrogens with one attached hydrogen (secondary N) is 1. The SMILES string of the molecule is CN1CCC(NC(=O)CCc2ccc(C#N)cc2)CC1. The van der Waals surface area contributed by atoms with Crippen LogP contribution in [0.3, 0.4) is 0 Å². The molecule has 106 valence electrons. The van der Waals surface area contributed by atoms with Crippen LogP contribution in [0.2, 0.25) is 0 Å². The highest BCUT2D eigenvalue weighted by molar-refractivity contribution is 5.76. The lowest BCUT2D eigenvalue weighted by Crippen LogP contribution is -2.43. The van der Waals surface area contributed by atoms with Gasteiger partial charge in [-0.2, -0.15) is 5.26 Å². The molecule has 0 radical (unpaired) electrons. The zero-order chi connectivity index (χ0) is 14.4. The van der Waals surface area contributed by atoms with Crippen molar-refractivity contribution in [3.05, 3.63) is 35.4 Å². The van der Waals surface area contributed by atoms with Crippen molar-refractivity contribution in [2.45, 2.75) is 31.7 Å². The Hall–Kier alpha value is -1.86. The Bertz CT molecular complexity index is 481. The molecule has 1 aromatic carbocycles. The molecule has 0 aromatic heterocycles. The summed E-state index contributed by atoms with van der Waals surface area (Å²) in [6.45, 7) is 2.11. The van der Waals surface area contributed by atoms with Gasteiger partial charge in [-0.05, 0) is 57.1 Å². The van der Waals surface area contributed by atoms with Gasteiger partial charge in [0.2, 0.25) is 5.91 Å². The van der Waals surface area contributed by atoms with E-state index in [0.29, 0.717) is 18.0 Å². The molecule has 1 N–H and O–H groups in total. The first-order chi connectivity index (χ1) is 9.67. The first-order valence-electron chi connectivity index (χ1n) is 7.14. The van der Waals surface area contributed by atoms with Crippen LogP contribution >= 0.6 is 0 Å². The second-order valence-corrected chi connectivity index (χ2v) is 5.45. The van der Waals surface area contributed by atoms with E-state index in [9.17, 15) is 4.79 Å². The Labute approximate surface area is 120 Å². The molecule has 1 aliphatic rings. The maximum Gasteiger partial charge on any atom is 0.220 e. The number of rotatable bonds is 4. The van der Waals surface area contributed by atoms with Crippen LogP contribution in [-0.4, -0.2) is 37.0 Å². The van der Waals surface area contributed by atoms with Crippen LogP contribution in [0.25, 0.3) is 0 Å². The third kappa shape index (κ3) is 4.36. The van der Waals surface area contributed by atoms with Crippen LogP contribution in [0.5, 0.6) is 0 Å². The Morgan fingerprint density at radius 2 is 2.00 bits per heavy atom. The number of carbonyl (C=O) groups is 1. The summed E-state index contributed by atoms with van der Waals surface area (Å²) in [6, 6.07) is 9.85. The summed E-state index contributed by atoms with van der Waals surface area (Å²) in [6.07, 6.45) is 3.32. The van der Waals surface area contributed by atoms with E-state index < -0.39 is 0 Å². The van der Waals surface area contributed by atoms with Gasteiger partial charge in [0.15, 0.2) is 0 Å². The van der Waals surface area contributed by atoms with Crippen LogP contribution in [0.4, 0.5) is 0 Å². The minimum absolute atomic E-state index is 0.129. The summed E-state index contributed by atoms with van der Waals surface area (Å²) in [4.78, 5) is 14.2. The molecule has 1 saturated heterocycles. The van der Waals surface area contributed by atoms with Crippen molar-refractivity contribution in [3.8, 4) is 6.07 Å². The van der Waals surface area contributed by atoms with E-state index in [1.165, 1.54) is 0 Å². The molecule has 1 fully saturated rings. The van der Waals surface area contributed by atoms with Crippen molar-refractivity contribution in [2.24, 2.45) is 0 Å². The van der Waals surface area contributed by atoms with Crippen LogP contribution in [0.1, 0.15) is 30.4 Å². The number of hydrogen-bond acceptors (Lipinski definition) is 3. The standard InChI is InChI=1S/C16H21N3O/c1-19-10-8-15(9-11-19)18-16(20)7-6-13-2-4-14(12-17)5-3-13/h2-5,15H,6-11H2,1H3,(H,18,20). The molecule has 0 aliphatic carbocycles. The molecule has 2 rings (SSSR count). The van der Waals surface area contributed by atoms with Crippen LogP contribution in [0, 0.1) is 11.3 Å². The fourth-order valence-corrected chi connectivity index (χ4v) is 2.46. The number of aryl methyl sites for hydroxylation is 1. The maximum absolute atomic E-state index is 11.9. The minimum atomic E-state index is 0.129. The number of benzene rings is 1. The van der Waals surface area contributed by atoms with E-state index in [2.05, 4.69) is 23.3 Å². The summed E-state index contributed by atoms with van der Waals surface area (Å²) in [5.41, 5.74) is 1.76. The number of piperidine rings is 1. The highest BCUT2D eigenvalue weighted by Crippen LogP contribution is 2.09.